The maximum Gasteiger partial charge on any atom is 0.289 e. The molecule has 0 saturated heterocycles. The van der Waals surface area contributed by atoms with Gasteiger partial charge in [-0.2, -0.15) is 10.2 Å². The first-order valence-electron chi connectivity index (χ1n) is 9.51. The zero-order valence-corrected chi connectivity index (χ0v) is 17.8. The molecule has 0 aliphatic heterocycles. The lowest BCUT2D eigenvalue weighted by atomic mass is 10.1. The molecule has 0 aliphatic rings. The predicted octanol–water partition coefficient (Wildman–Crippen LogP) is 3.27. The second-order valence-electron chi connectivity index (χ2n) is 6.27. The first-order chi connectivity index (χ1) is 15.1. The van der Waals surface area contributed by atoms with Crippen LogP contribution in [-0.4, -0.2) is 50.3 Å². The molecule has 0 atom stereocenters. The van der Waals surface area contributed by atoms with Crippen molar-refractivity contribution in [3.8, 4) is 34.3 Å². The van der Waals surface area contributed by atoms with Gasteiger partial charge in [0.25, 0.3) is 5.91 Å². The van der Waals surface area contributed by atoms with Crippen LogP contribution in [0.15, 0.2) is 47.6 Å². The van der Waals surface area contributed by atoms with Crippen molar-refractivity contribution in [3.63, 3.8) is 0 Å². The summed E-state index contributed by atoms with van der Waals surface area (Å²) >= 11 is 0. The number of hydrogen-bond donors (Lipinski definition) is 2. The number of amides is 1. The van der Waals surface area contributed by atoms with Crippen LogP contribution in [0.25, 0.3) is 11.3 Å². The number of benzene rings is 2. The SMILES string of the molecule is CCOc1ccc(-c2cc(C(=O)N/N=C/c3cc(OC)c(OC)cc3OC)[nH]n2)cc1. The highest BCUT2D eigenvalue weighted by molar-refractivity contribution is 5.94. The van der Waals surface area contributed by atoms with Crippen molar-refractivity contribution < 1.29 is 23.7 Å². The van der Waals surface area contributed by atoms with Gasteiger partial charge in [-0.25, -0.2) is 5.43 Å². The normalized spacial score (nSPS) is 10.7. The van der Waals surface area contributed by atoms with Gasteiger partial charge in [0.1, 0.15) is 17.2 Å². The Labute approximate surface area is 180 Å². The van der Waals surface area contributed by atoms with E-state index in [1.54, 1.807) is 18.2 Å². The third-order valence-electron chi connectivity index (χ3n) is 4.39. The van der Waals surface area contributed by atoms with E-state index in [1.807, 2.05) is 31.2 Å². The first kappa shape index (κ1) is 21.7. The third-order valence-corrected chi connectivity index (χ3v) is 4.39. The predicted molar refractivity (Wildman–Crippen MR) is 116 cm³/mol. The van der Waals surface area contributed by atoms with Crippen molar-refractivity contribution >= 4 is 12.1 Å². The molecule has 1 amide bonds. The van der Waals surface area contributed by atoms with Crippen LogP contribution in [0, 0.1) is 0 Å². The molecule has 2 N–H and O–H groups in total. The fraction of sp³-hybridized carbons (Fsp3) is 0.227. The molecule has 0 bridgehead atoms. The Morgan fingerprint density at radius 2 is 1.71 bits per heavy atom. The van der Waals surface area contributed by atoms with Crippen molar-refractivity contribution in [2.75, 3.05) is 27.9 Å². The van der Waals surface area contributed by atoms with E-state index in [2.05, 4.69) is 20.7 Å². The zero-order valence-electron chi connectivity index (χ0n) is 17.8. The summed E-state index contributed by atoms with van der Waals surface area (Å²) in [5.74, 6) is 1.92. The Bertz CT molecular complexity index is 1060. The summed E-state index contributed by atoms with van der Waals surface area (Å²) in [5.41, 5.74) is 4.85. The number of methoxy groups -OCH3 is 3. The Morgan fingerprint density at radius 3 is 2.35 bits per heavy atom. The number of rotatable bonds is 9. The van der Waals surface area contributed by atoms with Gasteiger partial charge in [0, 0.05) is 17.2 Å². The smallest absolute Gasteiger partial charge is 0.289 e. The van der Waals surface area contributed by atoms with Crippen molar-refractivity contribution in [2.45, 2.75) is 6.92 Å². The van der Waals surface area contributed by atoms with Gasteiger partial charge in [-0.3, -0.25) is 9.89 Å². The second-order valence-corrected chi connectivity index (χ2v) is 6.27. The molecule has 31 heavy (non-hydrogen) atoms. The fourth-order valence-corrected chi connectivity index (χ4v) is 2.85. The number of aromatic nitrogens is 2. The van der Waals surface area contributed by atoms with E-state index in [-0.39, 0.29) is 5.69 Å². The average Bonchev–Trinajstić information content (AvgIpc) is 3.29. The monoisotopic (exact) mass is 424 g/mol. The summed E-state index contributed by atoms with van der Waals surface area (Å²) in [6, 6.07) is 12.5. The van der Waals surface area contributed by atoms with Crippen molar-refractivity contribution in [1.82, 2.24) is 15.6 Å². The van der Waals surface area contributed by atoms with Crippen LogP contribution in [0.2, 0.25) is 0 Å². The molecule has 0 aliphatic carbocycles. The van der Waals surface area contributed by atoms with Gasteiger partial charge >= 0.3 is 0 Å². The highest BCUT2D eigenvalue weighted by Gasteiger charge is 2.12. The van der Waals surface area contributed by atoms with E-state index in [0.29, 0.717) is 35.1 Å². The molecule has 0 unspecified atom stereocenters. The van der Waals surface area contributed by atoms with Crippen molar-refractivity contribution in [3.05, 3.63) is 53.7 Å². The largest absolute Gasteiger partial charge is 0.496 e. The van der Waals surface area contributed by atoms with Crippen LogP contribution in [0.5, 0.6) is 23.0 Å². The lowest BCUT2D eigenvalue weighted by Crippen LogP contribution is -2.18. The van der Waals surface area contributed by atoms with Crippen LogP contribution < -0.4 is 24.4 Å². The third kappa shape index (κ3) is 5.13. The minimum Gasteiger partial charge on any atom is -0.496 e. The van der Waals surface area contributed by atoms with E-state index in [0.717, 1.165) is 11.3 Å². The fourth-order valence-electron chi connectivity index (χ4n) is 2.85. The number of H-pyrrole nitrogens is 1. The molecule has 0 saturated carbocycles. The van der Waals surface area contributed by atoms with Gasteiger partial charge < -0.3 is 18.9 Å². The van der Waals surface area contributed by atoms with E-state index in [4.69, 9.17) is 18.9 Å². The van der Waals surface area contributed by atoms with Gasteiger partial charge in [0.05, 0.1) is 39.8 Å². The lowest BCUT2D eigenvalue weighted by molar-refractivity contribution is 0.0950. The van der Waals surface area contributed by atoms with E-state index in [9.17, 15) is 4.79 Å². The molecule has 0 spiro atoms. The van der Waals surface area contributed by atoms with E-state index < -0.39 is 5.91 Å². The molecular formula is C22H24N4O5. The second kappa shape index (κ2) is 10.1. The van der Waals surface area contributed by atoms with Gasteiger partial charge in [-0.15, -0.1) is 0 Å². The van der Waals surface area contributed by atoms with Crippen LogP contribution in [0.1, 0.15) is 23.0 Å². The van der Waals surface area contributed by atoms with Crippen molar-refractivity contribution in [1.29, 1.82) is 0 Å². The Kier molecular flexibility index (Phi) is 7.10. The number of aromatic amines is 1. The number of nitrogens with one attached hydrogen (secondary N) is 2. The quantitative estimate of drug-likeness (QED) is 0.403. The number of nitrogens with zero attached hydrogens (tertiary/aromatic N) is 2. The summed E-state index contributed by atoms with van der Waals surface area (Å²) in [5, 5.41) is 10.9. The van der Waals surface area contributed by atoms with Crippen LogP contribution in [-0.2, 0) is 0 Å². The molecule has 162 valence electrons. The molecular weight excluding hydrogens is 400 g/mol. The number of carbonyl (C=O) groups is 1. The molecule has 3 rings (SSSR count). The minimum atomic E-state index is -0.430. The van der Waals surface area contributed by atoms with Gasteiger partial charge in [0.15, 0.2) is 11.5 Å². The van der Waals surface area contributed by atoms with E-state index in [1.165, 1.54) is 27.5 Å². The molecule has 9 heteroatoms. The number of hydrogen-bond acceptors (Lipinski definition) is 7. The summed E-state index contributed by atoms with van der Waals surface area (Å²) in [7, 11) is 4.61. The van der Waals surface area contributed by atoms with Gasteiger partial charge in [-0.05, 0) is 43.3 Å². The van der Waals surface area contributed by atoms with Gasteiger partial charge in [0.2, 0.25) is 0 Å². The topological polar surface area (TPSA) is 107 Å². The highest BCUT2D eigenvalue weighted by Crippen LogP contribution is 2.33. The van der Waals surface area contributed by atoms with E-state index >= 15 is 0 Å². The minimum absolute atomic E-state index is 0.278. The summed E-state index contributed by atoms with van der Waals surface area (Å²) in [6.45, 7) is 2.53. The molecule has 9 nitrogen and oxygen atoms in total. The molecule has 0 fully saturated rings. The standard InChI is InChI=1S/C22H24N4O5/c1-5-31-16-8-6-14(7-9-16)17-11-18(25-24-17)22(27)26-23-13-15-10-20(29-3)21(30-4)12-19(15)28-2/h6-13H,5H2,1-4H3,(H,24,25)(H,26,27)/b23-13+. The lowest BCUT2D eigenvalue weighted by Gasteiger charge is -2.11. The Morgan fingerprint density at radius 1 is 1.03 bits per heavy atom. The van der Waals surface area contributed by atoms with Crippen LogP contribution in [0.4, 0.5) is 0 Å². The average molecular weight is 424 g/mol. The van der Waals surface area contributed by atoms with Crippen molar-refractivity contribution in [2.24, 2.45) is 5.10 Å². The maximum atomic E-state index is 12.4. The van der Waals surface area contributed by atoms with Crippen LogP contribution in [0.3, 0.4) is 0 Å². The molecule has 0 radical (unpaired) electrons. The number of hydrazone groups is 1. The summed E-state index contributed by atoms with van der Waals surface area (Å²) < 4.78 is 21.3. The number of ether oxygens (including phenoxy) is 4. The van der Waals surface area contributed by atoms with Gasteiger partial charge in [-0.1, -0.05) is 0 Å². The van der Waals surface area contributed by atoms with Crippen LogP contribution >= 0.6 is 0 Å². The molecule has 1 heterocycles. The molecule has 1 aromatic heterocycles. The summed E-state index contributed by atoms with van der Waals surface area (Å²) in [4.78, 5) is 12.4. The zero-order chi connectivity index (χ0) is 22.2. The Balaban J connectivity index is 1.69. The summed E-state index contributed by atoms with van der Waals surface area (Å²) in [6.07, 6.45) is 1.46. The first-order valence-corrected chi connectivity index (χ1v) is 9.51. The highest BCUT2D eigenvalue weighted by atomic mass is 16.5. The number of carbonyl (C=O) groups excluding carboxylic acids is 1. The Hall–Kier alpha value is -4.01. The maximum absolute atomic E-state index is 12.4. The molecule has 2 aromatic carbocycles. The molecule has 3 aromatic rings.